The maximum Gasteiger partial charge on any atom is 0.190 e. The van der Waals surface area contributed by atoms with Crippen molar-refractivity contribution in [1.29, 1.82) is 0 Å². The number of aryl methyl sites for hydroxylation is 1. The predicted octanol–water partition coefficient (Wildman–Crippen LogP) is 0.940. The average molecular weight is 463 g/mol. The molecule has 25 heavy (non-hydrogen) atoms. The summed E-state index contributed by atoms with van der Waals surface area (Å²) in [5.41, 5.74) is 0. The summed E-state index contributed by atoms with van der Waals surface area (Å²) >= 11 is 0. The number of aromatic nitrogens is 2. The van der Waals surface area contributed by atoms with Crippen LogP contribution in [0.2, 0.25) is 0 Å². The summed E-state index contributed by atoms with van der Waals surface area (Å²) in [5.74, 6) is 1.50. The second-order valence-electron chi connectivity index (χ2n) is 6.71. The Bertz CT molecular complexity index is 469. The molecule has 1 saturated heterocycles. The van der Waals surface area contributed by atoms with E-state index in [1.807, 2.05) is 30.2 Å². The van der Waals surface area contributed by atoms with Gasteiger partial charge in [0, 0.05) is 71.8 Å². The molecule has 1 aliphatic heterocycles. The molecule has 2 heterocycles. The van der Waals surface area contributed by atoms with Crippen LogP contribution in [0.1, 0.15) is 13.3 Å². The van der Waals surface area contributed by atoms with Gasteiger partial charge >= 0.3 is 0 Å². The molecule has 0 amide bonds. The van der Waals surface area contributed by atoms with Crippen molar-refractivity contribution in [3.8, 4) is 0 Å². The minimum Gasteiger partial charge on any atom is -0.356 e. The summed E-state index contributed by atoms with van der Waals surface area (Å²) in [5, 5.41) is 11.0. The van der Waals surface area contributed by atoms with Gasteiger partial charge in [0.2, 0.25) is 0 Å². The standard InChI is InChI=1S/C17H33N7.HI/c1-16(15-23-12-10-22(3)11-13-23)14-20-17(18-2)19-6-4-8-24-9-5-7-21-24;/h5,7,9,16H,4,6,8,10-15H2,1-3H3,(H2,18,19,20);1H. The number of guanidine groups is 1. The molecule has 2 rings (SSSR count). The Morgan fingerprint density at radius 2 is 2.00 bits per heavy atom. The quantitative estimate of drug-likeness (QED) is 0.260. The maximum atomic E-state index is 4.30. The minimum absolute atomic E-state index is 0. The monoisotopic (exact) mass is 463 g/mol. The molecule has 2 N–H and O–H groups in total. The van der Waals surface area contributed by atoms with Gasteiger partial charge in [-0.05, 0) is 25.5 Å². The number of nitrogens with zero attached hydrogens (tertiary/aromatic N) is 5. The Kier molecular flexibility index (Phi) is 11.1. The van der Waals surface area contributed by atoms with Crippen molar-refractivity contribution in [2.75, 3.05) is 59.9 Å². The summed E-state index contributed by atoms with van der Waals surface area (Å²) in [6.07, 6.45) is 4.84. The molecule has 1 unspecified atom stereocenters. The topological polar surface area (TPSA) is 60.7 Å². The molecule has 0 spiro atoms. The lowest BCUT2D eigenvalue weighted by molar-refractivity contribution is 0.139. The molecule has 0 aliphatic carbocycles. The van der Waals surface area contributed by atoms with Gasteiger partial charge in [-0.2, -0.15) is 5.10 Å². The number of likely N-dealkylation sites (N-methyl/N-ethyl adjacent to an activating group) is 1. The van der Waals surface area contributed by atoms with E-state index in [0.29, 0.717) is 5.92 Å². The van der Waals surface area contributed by atoms with E-state index >= 15 is 0 Å². The Hall–Kier alpha value is -0.870. The fourth-order valence-electron chi connectivity index (χ4n) is 2.91. The van der Waals surface area contributed by atoms with Gasteiger partial charge in [0.15, 0.2) is 5.96 Å². The molecule has 144 valence electrons. The predicted molar refractivity (Wildman–Crippen MR) is 115 cm³/mol. The van der Waals surface area contributed by atoms with E-state index < -0.39 is 0 Å². The molecule has 0 radical (unpaired) electrons. The van der Waals surface area contributed by atoms with Crippen LogP contribution in [0.15, 0.2) is 23.5 Å². The summed E-state index contributed by atoms with van der Waals surface area (Å²) in [6.45, 7) is 10.9. The molecular weight excluding hydrogens is 429 g/mol. The van der Waals surface area contributed by atoms with Crippen LogP contribution in [-0.2, 0) is 6.54 Å². The molecule has 1 aliphatic rings. The number of hydrogen-bond acceptors (Lipinski definition) is 4. The number of rotatable bonds is 8. The van der Waals surface area contributed by atoms with Crippen molar-refractivity contribution in [1.82, 2.24) is 30.2 Å². The molecule has 1 atom stereocenters. The molecular formula is C17H34IN7. The number of piperazine rings is 1. The summed E-state index contributed by atoms with van der Waals surface area (Å²) in [6, 6.07) is 1.95. The van der Waals surface area contributed by atoms with Crippen molar-refractivity contribution in [2.45, 2.75) is 19.9 Å². The van der Waals surface area contributed by atoms with E-state index in [2.05, 4.69) is 44.5 Å². The average Bonchev–Trinajstić information content (AvgIpc) is 3.10. The Morgan fingerprint density at radius 1 is 1.24 bits per heavy atom. The second-order valence-corrected chi connectivity index (χ2v) is 6.71. The minimum atomic E-state index is 0. The molecule has 8 heteroatoms. The highest BCUT2D eigenvalue weighted by Crippen LogP contribution is 2.03. The van der Waals surface area contributed by atoms with Crippen LogP contribution >= 0.6 is 24.0 Å². The van der Waals surface area contributed by atoms with Crippen molar-refractivity contribution in [2.24, 2.45) is 10.9 Å². The fraction of sp³-hybridized carbons (Fsp3) is 0.765. The molecule has 0 bridgehead atoms. The second kappa shape index (κ2) is 12.5. The lowest BCUT2D eigenvalue weighted by atomic mass is 10.1. The van der Waals surface area contributed by atoms with Gasteiger partial charge < -0.3 is 20.4 Å². The number of nitrogens with one attached hydrogen (secondary N) is 2. The van der Waals surface area contributed by atoms with Crippen LogP contribution in [0.3, 0.4) is 0 Å². The van der Waals surface area contributed by atoms with Crippen LogP contribution in [0.5, 0.6) is 0 Å². The summed E-state index contributed by atoms with van der Waals surface area (Å²) in [7, 11) is 4.03. The van der Waals surface area contributed by atoms with Crippen LogP contribution < -0.4 is 10.6 Å². The summed E-state index contributed by atoms with van der Waals surface area (Å²) in [4.78, 5) is 9.26. The van der Waals surface area contributed by atoms with Crippen LogP contribution in [0.4, 0.5) is 0 Å². The zero-order valence-electron chi connectivity index (χ0n) is 15.8. The molecule has 1 aromatic rings. The first-order valence-electron chi connectivity index (χ1n) is 9.00. The zero-order chi connectivity index (χ0) is 17.2. The summed E-state index contributed by atoms with van der Waals surface area (Å²) < 4.78 is 1.95. The van der Waals surface area contributed by atoms with Crippen molar-refractivity contribution < 1.29 is 0 Å². The third-order valence-corrected chi connectivity index (χ3v) is 4.42. The highest BCUT2D eigenvalue weighted by molar-refractivity contribution is 14.0. The van der Waals surface area contributed by atoms with E-state index in [0.717, 1.165) is 38.6 Å². The first-order chi connectivity index (χ1) is 11.7. The third-order valence-electron chi connectivity index (χ3n) is 4.42. The maximum absolute atomic E-state index is 4.30. The Morgan fingerprint density at radius 3 is 2.64 bits per heavy atom. The molecule has 1 aromatic heterocycles. The van der Waals surface area contributed by atoms with Gasteiger partial charge in [0.1, 0.15) is 0 Å². The normalized spacial score (nSPS) is 17.8. The largest absolute Gasteiger partial charge is 0.356 e. The van der Waals surface area contributed by atoms with Crippen molar-refractivity contribution >= 4 is 29.9 Å². The molecule has 1 fully saturated rings. The van der Waals surface area contributed by atoms with Crippen molar-refractivity contribution in [3.63, 3.8) is 0 Å². The highest BCUT2D eigenvalue weighted by atomic mass is 127. The lowest BCUT2D eigenvalue weighted by Gasteiger charge is -2.34. The van der Waals surface area contributed by atoms with Crippen molar-refractivity contribution in [3.05, 3.63) is 18.5 Å². The third kappa shape index (κ3) is 8.87. The van der Waals surface area contributed by atoms with Crippen LogP contribution in [0, 0.1) is 5.92 Å². The van der Waals surface area contributed by atoms with Gasteiger partial charge in [-0.15, -0.1) is 24.0 Å². The Balaban J connectivity index is 0.00000312. The first-order valence-corrected chi connectivity index (χ1v) is 9.00. The van der Waals surface area contributed by atoms with Gasteiger partial charge in [0.25, 0.3) is 0 Å². The Labute approximate surface area is 169 Å². The number of aliphatic imine (C=N–C) groups is 1. The van der Waals surface area contributed by atoms with Gasteiger partial charge in [-0.25, -0.2) is 0 Å². The van der Waals surface area contributed by atoms with Gasteiger partial charge in [0.05, 0.1) is 0 Å². The van der Waals surface area contributed by atoms with Crippen LogP contribution in [-0.4, -0.2) is 85.4 Å². The number of hydrogen-bond donors (Lipinski definition) is 2. The smallest absolute Gasteiger partial charge is 0.190 e. The van der Waals surface area contributed by atoms with E-state index in [1.54, 1.807) is 0 Å². The molecule has 0 saturated carbocycles. The zero-order valence-corrected chi connectivity index (χ0v) is 18.1. The first kappa shape index (κ1) is 22.2. The fourth-order valence-corrected chi connectivity index (χ4v) is 2.91. The number of halogens is 1. The lowest BCUT2D eigenvalue weighted by Crippen LogP contribution is -2.47. The van der Waals surface area contributed by atoms with E-state index in [4.69, 9.17) is 0 Å². The van der Waals surface area contributed by atoms with E-state index in [9.17, 15) is 0 Å². The molecule has 0 aromatic carbocycles. The van der Waals surface area contributed by atoms with Gasteiger partial charge in [-0.1, -0.05) is 6.92 Å². The van der Waals surface area contributed by atoms with E-state index in [-0.39, 0.29) is 24.0 Å². The van der Waals surface area contributed by atoms with E-state index in [1.165, 1.54) is 26.2 Å². The highest BCUT2D eigenvalue weighted by Gasteiger charge is 2.16. The SMILES string of the molecule is CN=C(NCCCn1cccn1)NCC(C)CN1CCN(C)CC1.I. The molecule has 7 nitrogen and oxygen atoms in total. The van der Waals surface area contributed by atoms with Gasteiger partial charge in [-0.3, -0.25) is 9.67 Å². The van der Waals surface area contributed by atoms with Crippen LogP contribution in [0.25, 0.3) is 0 Å².